The van der Waals surface area contributed by atoms with Crippen LogP contribution in [0.2, 0.25) is 0 Å². The Morgan fingerprint density at radius 3 is 2.74 bits per heavy atom. The highest BCUT2D eigenvalue weighted by Crippen LogP contribution is 2.48. The third-order valence-electron chi connectivity index (χ3n) is 6.65. The number of aliphatic hydroxyl groups is 1. The minimum absolute atomic E-state index is 0.159. The van der Waals surface area contributed by atoms with Crippen LogP contribution in [0.3, 0.4) is 0 Å². The molecule has 2 heterocycles. The van der Waals surface area contributed by atoms with Crippen LogP contribution in [0.1, 0.15) is 33.4 Å². The number of carbonyl (C=O) groups excluding carboxylic acids is 1. The van der Waals surface area contributed by atoms with E-state index >= 15 is 0 Å². The van der Waals surface area contributed by atoms with E-state index in [1.807, 2.05) is 25.1 Å². The topological polar surface area (TPSA) is 207 Å². The standard InChI is InChI=1S/C26H31N6O9P/c1-4-14-38-23(35)16(2)29-42(37,41-19-11-7-9-17-8-5-6-10-18(17)19)39-15-20-22(34)26(3,30-31-27)24(40-20)32-13-12-21(33)28-25(32)36/h5-13,16,20,22,24,34H,4,14-15H2,1-3H3,(H,29,37)(H,28,33,36)/t16-,20+,22+,24+,26+,42+/m0/s1. The predicted octanol–water partition coefficient (Wildman–Crippen LogP) is 3.15. The molecule has 6 atom stereocenters. The summed E-state index contributed by atoms with van der Waals surface area (Å²) in [5.41, 5.74) is 5.92. The maximum absolute atomic E-state index is 14.1. The second-order valence-electron chi connectivity index (χ2n) is 9.78. The number of esters is 1. The SMILES string of the molecule is CCCOC(=O)[C@H](C)N[P@@](=O)(OC[C@H]1O[C@@H](n2ccc(=O)[nH]c2=O)[C@](C)(N=[N+]=[N-])[C@@H]1O)Oc1cccc2ccccc12. The van der Waals surface area contributed by atoms with Crippen molar-refractivity contribution in [3.8, 4) is 5.75 Å². The van der Waals surface area contributed by atoms with Crippen molar-refractivity contribution in [1.82, 2.24) is 14.6 Å². The Morgan fingerprint density at radius 2 is 2.02 bits per heavy atom. The first-order valence-corrected chi connectivity index (χ1v) is 14.6. The Balaban J connectivity index is 1.63. The van der Waals surface area contributed by atoms with E-state index in [9.17, 15) is 29.6 Å². The number of hydrogen-bond acceptors (Lipinski definition) is 10. The van der Waals surface area contributed by atoms with Gasteiger partial charge in [0.15, 0.2) is 6.23 Å². The average Bonchev–Trinajstić information content (AvgIpc) is 3.20. The Hall–Kier alpha value is -3.97. The van der Waals surface area contributed by atoms with Crippen LogP contribution in [0.5, 0.6) is 5.75 Å². The predicted molar refractivity (Wildman–Crippen MR) is 151 cm³/mol. The zero-order valence-corrected chi connectivity index (χ0v) is 24.0. The van der Waals surface area contributed by atoms with Crippen LogP contribution in [-0.2, 0) is 23.4 Å². The molecule has 0 amide bonds. The van der Waals surface area contributed by atoms with E-state index in [0.717, 1.165) is 22.2 Å². The molecule has 0 spiro atoms. The number of aliphatic hydroxyl groups excluding tert-OH is 1. The molecule has 3 aromatic rings. The van der Waals surface area contributed by atoms with Gasteiger partial charge in [-0.3, -0.25) is 23.7 Å². The monoisotopic (exact) mass is 602 g/mol. The van der Waals surface area contributed by atoms with E-state index in [1.54, 1.807) is 24.3 Å². The van der Waals surface area contributed by atoms with E-state index < -0.39 is 61.6 Å². The molecule has 16 heteroatoms. The zero-order chi connectivity index (χ0) is 30.5. The van der Waals surface area contributed by atoms with Gasteiger partial charge < -0.3 is 19.1 Å². The number of H-pyrrole nitrogens is 1. The minimum atomic E-state index is -4.39. The van der Waals surface area contributed by atoms with Gasteiger partial charge in [-0.05, 0) is 37.3 Å². The minimum Gasteiger partial charge on any atom is -0.465 e. The van der Waals surface area contributed by atoms with Crippen molar-refractivity contribution in [3.05, 3.63) is 86.0 Å². The molecule has 0 saturated carbocycles. The van der Waals surface area contributed by atoms with Gasteiger partial charge in [0, 0.05) is 22.6 Å². The number of aromatic amines is 1. The van der Waals surface area contributed by atoms with Gasteiger partial charge in [-0.15, -0.1) is 0 Å². The summed E-state index contributed by atoms with van der Waals surface area (Å²) in [5.74, 6) is -0.490. The number of aromatic nitrogens is 2. The number of nitrogens with zero attached hydrogens (tertiary/aromatic N) is 4. The van der Waals surface area contributed by atoms with Crippen molar-refractivity contribution >= 4 is 24.5 Å². The summed E-state index contributed by atoms with van der Waals surface area (Å²) < 4.78 is 37.7. The molecule has 15 nitrogen and oxygen atoms in total. The first-order valence-electron chi connectivity index (χ1n) is 13.1. The molecule has 224 valence electrons. The first-order chi connectivity index (χ1) is 20.0. The smallest absolute Gasteiger partial charge is 0.459 e. The number of carbonyl (C=O) groups is 1. The van der Waals surface area contributed by atoms with Gasteiger partial charge in [0.25, 0.3) is 5.56 Å². The summed E-state index contributed by atoms with van der Waals surface area (Å²) in [5, 5.41) is 18.8. The Labute approximate surface area is 239 Å². The highest BCUT2D eigenvalue weighted by molar-refractivity contribution is 7.52. The van der Waals surface area contributed by atoms with Crippen LogP contribution in [0, 0.1) is 0 Å². The van der Waals surface area contributed by atoms with Gasteiger partial charge in [0.05, 0.1) is 19.3 Å². The van der Waals surface area contributed by atoms with Crippen molar-refractivity contribution in [2.24, 2.45) is 5.11 Å². The first kappa shape index (κ1) is 31.0. The molecule has 1 aliphatic heterocycles. The molecule has 1 aliphatic rings. The van der Waals surface area contributed by atoms with Crippen molar-refractivity contribution in [2.45, 2.75) is 57.2 Å². The molecule has 4 rings (SSSR count). The van der Waals surface area contributed by atoms with Gasteiger partial charge in [-0.2, -0.15) is 5.09 Å². The Bertz CT molecular complexity index is 1650. The number of benzene rings is 2. The van der Waals surface area contributed by atoms with E-state index in [2.05, 4.69) is 20.1 Å². The highest BCUT2D eigenvalue weighted by Gasteiger charge is 2.55. The molecule has 0 bridgehead atoms. The second kappa shape index (κ2) is 12.9. The number of fused-ring (bicyclic) bond motifs is 1. The van der Waals surface area contributed by atoms with Crippen LogP contribution in [0.4, 0.5) is 0 Å². The lowest BCUT2D eigenvalue weighted by Gasteiger charge is -2.28. The van der Waals surface area contributed by atoms with Gasteiger partial charge in [0.1, 0.15) is 23.4 Å². The van der Waals surface area contributed by atoms with Gasteiger partial charge in [-0.25, -0.2) is 9.36 Å². The number of ether oxygens (including phenoxy) is 2. The molecule has 2 aromatic carbocycles. The van der Waals surface area contributed by atoms with Crippen LogP contribution in [0.25, 0.3) is 21.2 Å². The van der Waals surface area contributed by atoms with Crippen LogP contribution >= 0.6 is 7.75 Å². The quantitative estimate of drug-likeness (QED) is 0.0907. The normalized spacial score (nSPS) is 24.0. The van der Waals surface area contributed by atoms with Gasteiger partial charge in [-0.1, -0.05) is 48.4 Å². The number of azide groups is 1. The maximum atomic E-state index is 14.1. The van der Waals surface area contributed by atoms with Crippen LogP contribution in [0.15, 0.2) is 69.4 Å². The van der Waals surface area contributed by atoms with Gasteiger partial charge >= 0.3 is 19.4 Å². The zero-order valence-electron chi connectivity index (χ0n) is 23.1. The van der Waals surface area contributed by atoms with Crippen LogP contribution in [-0.4, -0.2) is 57.6 Å². The molecule has 3 N–H and O–H groups in total. The van der Waals surface area contributed by atoms with Crippen molar-refractivity contribution in [2.75, 3.05) is 13.2 Å². The molecule has 1 saturated heterocycles. The molecular weight excluding hydrogens is 571 g/mol. The van der Waals surface area contributed by atoms with E-state index in [-0.39, 0.29) is 12.4 Å². The lowest BCUT2D eigenvalue weighted by molar-refractivity contribution is -0.145. The Morgan fingerprint density at radius 1 is 1.29 bits per heavy atom. The van der Waals surface area contributed by atoms with Crippen molar-refractivity contribution in [3.63, 3.8) is 0 Å². The molecule has 0 radical (unpaired) electrons. The molecule has 0 aliphatic carbocycles. The fourth-order valence-corrected chi connectivity index (χ4v) is 6.00. The summed E-state index contributed by atoms with van der Waals surface area (Å²) in [6, 6.07) is 12.3. The average molecular weight is 603 g/mol. The fraction of sp³-hybridized carbons (Fsp3) is 0.423. The number of rotatable bonds is 12. The third-order valence-corrected chi connectivity index (χ3v) is 8.28. The van der Waals surface area contributed by atoms with Gasteiger partial charge in [0.2, 0.25) is 0 Å². The van der Waals surface area contributed by atoms with E-state index in [1.165, 1.54) is 13.8 Å². The van der Waals surface area contributed by atoms with E-state index in [4.69, 9.17) is 18.5 Å². The molecule has 1 aromatic heterocycles. The van der Waals surface area contributed by atoms with Crippen LogP contribution < -0.4 is 20.9 Å². The largest absolute Gasteiger partial charge is 0.465 e. The summed E-state index contributed by atoms with van der Waals surface area (Å²) in [6.45, 7) is 4.19. The van der Waals surface area contributed by atoms with Crippen molar-refractivity contribution in [1.29, 1.82) is 0 Å². The summed E-state index contributed by atoms with van der Waals surface area (Å²) in [4.78, 5) is 41.4. The summed E-state index contributed by atoms with van der Waals surface area (Å²) in [6.07, 6.45) is -2.50. The fourth-order valence-electron chi connectivity index (χ4n) is 4.48. The van der Waals surface area contributed by atoms with E-state index in [0.29, 0.717) is 11.8 Å². The lowest BCUT2D eigenvalue weighted by atomic mass is 9.93. The summed E-state index contributed by atoms with van der Waals surface area (Å²) >= 11 is 0. The summed E-state index contributed by atoms with van der Waals surface area (Å²) in [7, 11) is -4.39. The number of nitrogens with one attached hydrogen (secondary N) is 2. The third kappa shape index (κ3) is 6.57. The Kier molecular flexibility index (Phi) is 9.52. The lowest BCUT2D eigenvalue weighted by Crippen LogP contribution is -2.45. The number of hydrogen-bond donors (Lipinski definition) is 3. The van der Waals surface area contributed by atoms with Crippen molar-refractivity contribution < 1.29 is 33.0 Å². The molecule has 0 unspecified atom stereocenters. The second-order valence-corrected chi connectivity index (χ2v) is 11.5. The maximum Gasteiger partial charge on any atom is 0.459 e. The molecule has 1 fully saturated rings. The molecule has 42 heavy (non-hydrogen) atoms. The molecular formula is C26H31N6O9P. The highest BCUT2D eigenvalue weighted by atomic mass is 31.2.